The SMILES string of the molecule is CN1CCN(C(C(=O)NNc2cc(Cl)cc(Cl)c2)c2ccoc2)CC1. The van der Waals surface area contributed by atoms with Crippen molar-refractivity contribution in [2.45, 2.75) is 6.04 Å². The molecule has 1 saturated heterocycles. The minimum absolute atomic E-state index is 0.165. The van der Waals surface area contributed by atoms with Crippen molar-refractivity contribution in [3.05, 3.63) is 52.4 Å². The Morgan fingerprint density at radius 2 is 1.84 bits per heavy atom. The van der Waals surface area contributed by atoms with Crippen LogP contribution in [0.5, 0.6) is 0 Å². The van der Waals surface area contributed by atoms with Gasteiger partial charge in [-0.15, -0.1) is 0 Å². The van der Waals surface area contributed by atoms with Crippen molar-refractivity contribution in [2.24, 2.45) is 0 Å². The average Bonchev–Trinajstić information content (AvgIpc) is 3.08. The van der Waals surface area contributed by atoms with E-state index in [2.05, 4.69) is 27.7 Å². The van der Waals surface area contributed by atoms with Crippen LogP contribution in [0.25, 0.3) is 0 Å². The lowest BCUT2D eigenvalue weighted by Gasteiger charge is -2.36. The molecule has 1 unspecified atom stereocenters. The molecule has 1 aromatic carbocycles. The standard InChI is InChI=1S/C17H20Cl2N4O2/c1-22-3-5-23(6-4-22)16(12-2-7-25-11-12)17(24)21-20-15-9-13(18)8-14(19)10-15/h2,7-11,16,20H,3-6H2,1H3,(H,21,24). The molecule has 1 aliphatic heterocycles. The van der Waals surface area contributed by atoms with Gasteiger partial charge in [-0.3, -0.25) is 20.5 Å². The van der Waals surface area contributed by atoms with Crippen molar-refractivity contribution >= 4 is 34.8 Å². The highest BCUT2D eigenvalue weighted by Gasteiger charge is 2.30. The highest BCUT2D eigenvalue weighted by Crippen LogP contribution is 2.24. The van der Waals surface area contributed by atoms with Crippen molar-refractivity contribution in [3.8, 4) is 0 Å². The average molecular weight is 383 g/mol. The molecule has 8 heteroatoms. The third kappa shape index (κ3) is 4.67. The summed E-state index contributed by atoms with van der Waals surface area (Å²) in [6, 6.07) is 6.41. The molecule has 25 heavy (non-hydrogen) atoms. The lowest BCUT2D eigenvalue weighted by molar-refractivity contribution is -0.127. The Balaban J connectivity index is 1.71. The molecule has 0 bridgehead atoms. The molecular weight excluding hydrogens is 363 g/mol. The van der Waals surface area contributed by atoms with Crippen molar-refractivity contribution in [2.75, 3.05) is 38.7 Å². The van der Waals surface area contributed by atoms with Crippen LogP contribution in [0.3, 0.4) is 0 Å². The van der Waals surface area contributed by atoms with Crippen molar-refractivity contribution in [1.82, 2.24) is 15.2 Å². The van der Waals surface area contributed by atoms with E-state index in [1.165, 1.54) is 0 Å². The summed E-state index contributed by atoms with van der Waals surface area (Å²) in [4.78, 5) is 17.2. The van der Waals surface area contributed by atoms with E-state index < -0.39 is 6.04 Å². The fourth-order valence-electron chi connectivity index (χ4n) is 2.87. The normalized spacial score (nSPS) is 17.2. The zero-order valence-corrected chi connectivity index (χ0v) is 15.3. The van der Waals surface area contributed by atoms with E-state index in [-0.39, 0.29) is 5.91 Å². The molecule has 0 spiro atoms. The predicted molar refractivity (Wildman–Crippen MR) is 98.7 cm³/mol. The zero-order valence-electron chi connectivity index (χ0n) is 13.8. The van der Waals surface area contributed by atoms with Crippen LogP contribution < -0.4 is 10.9 Å². The number of hydrazine groups is 1. The van der Waals surface area contributed by atoms with Crippen LogP contribution >= 0.6 is 23.2 Å². The number of halogens is 2. The van der Waals surface area contributed by atoms with Crippen LogP contribution in [-0.2, 0) is 4.79 Å². The first-order chi connectivity index (χ1) is 12.0. The van der Waals surface area contributed by atoms with Crippen LogP contribution in [-0.4, -0.2) is 48.9 Å². The van der Waals surface area contributed by atoms with Crippen LogP contribution in [0.1, 0.15) is 11.6 Å². The molecule has 1 aliphatic rings. The summed E-state index contributed by atoms with van der Waals surface area (Å²) in [5, 5.41) is 0.990. The van der Waals surface area contributed by atoms with E-state index in [4.69, 9.17) is 27.6 Å². The number of anilines is 1. The minimum atomic E-state index is -0.422. The summed E-state index contributed by atoms with van der Waals surface area (Å²) in [5.74, 6) is -0.165. The maximum Gasteiger partial charge on any atom is 0.260 e. The summed E-state index contributed by atoms with van der Waals surface area (Å²) in [6.45, 7) is 3.45. The number of carbonyl (C=O) groups excluding carboxylic acids is 1. The van der Waals surface area contributed by atoms with Gasteiger partial charge < -0.3 is 9.32 Å². The van der Waals surface area contributed by atoms with Crippen molar-refractivity contribution < 1.29 is 9.21 Å². The Labute approximate surface area is 156 Å². The van der Waals surface area contributed by atoms with E-state index in [1.807, 2.05) is 6.07 Å². The molecular formula is C17H20Cl2N4O2. The molecule has 3 rings (SSSR count). The number of piperazine rings is 1. The molecule has 2 aromatic rings. The maximum absolute atomic E-state index is 12.8. The molecule has 6 nitrogen and oxygen atoms in total. The van der Waals surface area contributed by atoms with Gasteiger partial charge >= 0.3 is 0 Å². The summed E-state index contributed by atoms with van der Waals surface area (Å²) in [6.07, 6.45) is 3.19. The monoisotopic (exact) mass is 382 g/mol. The Bertz CT molecular complexity index is 695. The summed E-state index contributed by atoms with van der Waals surface area (Å²) in [5.41, 5.74) is 7.07. The van der Waals surface area contributed by atoms with Crippen LogP contribution in [0.4, 0.5) is 5.69 Å². The molecule has 1 aromatic heterocycles. The Morgan fingerprint density at radius 3 is 2.44 bits per heavy atom. The van der Waals surface area contributed by atoms with Gasteiger partial charge in [-0.05, 0) is 31.3 Å². The Morgan fingerprint density at radius 1 is 1.16 bits per heavy atom. The smallest absolute Gasteiger partial charge is 0.260 e. The van der Waals surface area contributed by atoms with E-state index in [1.54, 1.807) is 30.7 Å². The first kappa shape index (κ1) is 18.1. The second kappa shape index (κ2) is 8.10. The van der Waals surface area contributed by atoms with E-state index >= 15 is 0 Å². The Hall–Kier alpha value is -1.73. The number of rotatable bonds is 5. The maximum atomic E-state index is 12.8. The molecule has 2 heterocycles. The topological polar surface area (TPSA) is 60.8 Å². The number of hydrogen-bond donors (Lipinski definition) is 2. The van der Waals surface area contributed by atoms with Gasteiger partial charge in [0, 0.05) is 41.8 Å². The number of carbonyl (C=O) groups is 1. The highest BCUT2D eigenvalue weighted by atomic mass is 35.5. The van der Waals surface area contributed by atoms with Gasteiger partial charge in [-0.2, -0.15) is 0 Å². The van der Waals surface area contributed by atoms with Gasteiger partial charge in [0.05, 0.1) is 18.2 Å². The largest absolute Gasteiger partial charge is 0.472 e. The number of nitrogens with zero attached hydrogens (tertiary/aromatic N) is 2. The summed E-state index contributed by atoms with van der Waals surface area (Å²) < 4.78 is 5.18. The molecule has 0 saturated carbocycles. The van der Waals surface area contributed by atoms with Gasteiger partial charge in [0.2, 0.25) is 0 Å². The third-order valence-electron chi connectivity index (χ3n) is 4.20. The van der Waals surface area contributed by atoms with Gasteiger partial charge in [-0.1, -0.05) is 23.2 Å². The number of furan rings is 1. The van der Waals surface area contributed by atoms with Gasteiger partial charge in [-0.25, -0.2) is 0 Å². The fourth-order valence-corrected chi connectivity index (χ4v) is 3.39. The first-order valence-electron chi connectivity index (χ1n) is 7.99. The quantitative estimate of drug-likeness (QED) is 0.778. The highest BCUT2D eigenvalue weighted by molar-refractivity contribution is 6.35. The zero-order chi connectivity index (χ0) is 17.8. The molecule has 2 N–H and O–H groups in total. The van der Waals surface area contributed by atoms with Crippen molar-refractivity contribution in [3.63, 3.8) is 0 Å². The lowest BCUT2D eigenvalue weighted by Crippen LogP contribution is -2.50. The second-order valence-electron chi connectivity index (χ2n) is 6.07. The minimum Gasteiger partial charge on any atom is -0.472 e. The molecule has 0 aliphatic carbocycles. The molecule has 1 amide bonds. The number of benzene rings is 1. The third-order valence-corrected chi connectivity index (χ3v) is 4.64. The van der Waals surface area contributed by atoms with Crippen LogP contribution in [0, 0.1) is 0 Å². The number of hydrogen-bond acceptors (Lipinski definition) is 5. The summed E-state index contributed by atoms with van der Waals surface area (Å²) >= 11 is 12.0. The van der Waals surface area contributed by atoms with Crippen LogP contribution in [0.15, 0.2) is 41.2 Å². The second-order valence-corrected chi connectivity index (χ2v) is 6.94. The number of nitrogens with one attached hydrogen (secondary N) is 2. The molecule has 134 valence electrons. The van der Waals surface area contributed by atoms with Gasteiger partial charge in [0.15, 0.2) is 0 Å². The number of likely N-dealkylation sites (N-methyl/N-ethyl adjacent to an activating group) is 1. The van der Waals surface area contributed by atoms with E-state index in [9.17, 15) is 4.79 Å². The van der Waals surface area contributed by atoms with Crippen LogP contribution in [0.2, 0.25) is 10.0 Å². The number of amides is 1. The summed E-state index contributed by atoms with van der Waals surface area (Å²) in [7, 11) is 2.08. The Kier molecular flexibility index (Phi) is 5.86. The van der Waals surface area contributed by atoms with E-state index in [0.29, 0.717) is 15.7 Å². The molecule has 1 atom stereocenters. The fraction of sp³-hybridized carbons (Fsp3) is 0.353. The van der Waals surface area contributed by atoms with E-state index in [0.717, 1.165) is 31.7 Å². The van der Waals surface area contributed by atoms with Crippen molar-refractivity contribution in [1.29, 1.82) is 0 Å². The van der Waals surface area contributed by atoms with Gasteiger partial charge in [0.25, 0.3) is 5.91 Å². The predicted octanol–water partition coefficient (Wildman–Crippen LogP) is 3.02. The molecule has 0 radical (unpaired) electrons. The lowest BCUT2D eigenvalue weighted by atomic mass is 10.1. The first-order valence-corrected chi connectivity index (χ1v) is 8.75. The van der Waals surface area contributed by atoms with Gasteiger partial charge in [0.1, 0.15) is 6.04 Å². The molecule has 1 fully saturated rings.